The Labute approximate surface area is 160 Å². The molecule has 6 heteroatoms. The lowest BCUT2D eigenvalue weighted by Gasteiger charge is -2.16. The van der Waals surface area contributed by atoms with Crippen LogP contribution in [0.25, 0.3) is 0 Å². The number of esters is 3. The van der Waals surface area contributed by atoms with Crippen molar-refractivity contribution in [3.8, 4) is 11.8 Å². The number of hydrogen-bond donors (Lipinski definition) is 0. The second kappa shape index (κ2) is 13.2. The summed E-state index contributed by atoms with van der Waals surface area (Å²) >= 11 is 0. The summed E-state index contributed by atoms with van der Waals surface area (Å²) in [5.74, 6) is 4.35. The van der Waals surface area contributed by atoms with Crippen molar-refractivity contribution in [2.24, 2.45) is 0 Å². The molecule has 146 valence electrons. The van der Waals surface area contributed by atoms with Gasteiger partial charge in [0.05, 0.1) is 6.26 Å². The molecule has 0 saturated heterocycles. The lowest BCUT2D eigenvalue weighted by molar-refractivity contribution is -0.144. The molecule has 0 aromatic carbocycles. The van der Waals surface area contributed by atoms with E-state index in [9.17, 15) is 14.4 Å². The van der Waals surface area contributed by atoms with Crippen LogP contribution in [0.1, 0.15) is 48.0 Å². The van der Waals surface area contributed by atoms with Crippen LogP contribution in [0, 0.1) is 11.8 Å². The molecule has 0 heterocycles. The van der Waals surface area contributed by atoms with Crippen LogP contribution in [0.3, 0.4) is 0 Å². The Morgan fingerprint density at radius 3 is 2.07 bits per heavy atom. The molecule has 0 saturated carbocycles. The SMILES string of the molecule is CC(=O)O/C=C\C(=C\OC(C)=O)[C@H](C/C=C(\C)C#CC=C(C)C)OC(C)=O. The second-order valence-electron chi connectivity index (χ2n) is 5.85. The molecule has 0 radical (unpaired) electrons. The molecular formula is C21H26O6. The Kier molecular flexibility index (Phi) is 11.7. The first-order chi connectivity index (χ1) is 12.6. The molecule has 27 heavy (non-hydrogen) atoms. The zero-order valence-corrected chi connectivity index (χ0v) is 16.6. The number of ether oxygens (including phenoxy) is 3. The van der Waals surface area contributed by atoms with Crippen LogP contribution < -0.4 is 0 Å². The Morgan fingerprint density at radius 1 is 0.926 bits per heavy atom. The monoisotopic (exact) mass is 374 g/mol. The molecule has 0 aromatic heterocycles. The summed E-state index contributed by atoms with van der Waals surface area (Å²) in [6.45, 7) is 9.50. The molecule has 0 spiro atoms. The zero-order valence-electron chi connectivity index (χ0n) is 16.6. The topological polar surface area (TPSA) is 78.9 Å². The van der Waals surface area contributed by atoms with E-state index in [0.717, 1.165) is 23.7 Å². The molecule has 0 unspecified atom stereocenters. The minimum atomic E-state index is -0.742. The van der Waals surface area contributed by atoms with Crippen molar-refractivity contribution in [2.75, 3.05) is 0 Å². The van der Waals surface area contributed by atoms with Gasteiger partial charge in [-0.15, -0.1) is 0 Å². The fraction of sp³-hybridized carbons (Fsp3) is 0.381. The molecule has 0 bridgehead atoms. The first-order valence-electron chi connectivity index (χ1n) is 8.31. The van der Waals surface area contributed by atoms with Gasteiger partial charge in [-0.1, -0.05) is 23.5 Å². The minimum absolute atomic E-state index is 0.298. The predicted octanol–water partition coefficient (Wildman–Crippen LogP) is 3.75. The first kappa shape index (κ1) is 23.9. The maximum Gasteiger partial charge on any atom is 0.307 e. The van der Waals surface area contributed by atoms with E-state index in [1.54, 1.807) is 12.2 Å². The Hall–Kier alpha value is -3.07. The summed E-state index contributed by atoms with van der Waals surface area (Å²) in [4.78, 5) is 33.5. The van der Waals surface area contributed by atoms with Crippen LogP contribution in [0.2, 0.25) is 0 Å². The molecule has 0 aliphatic rings. The van der Waals surface area contributed by atoms with E-state index in [1.807, 2.05) is 20.8 Å². The van der Waals surface area contributed by atoms with E-state index in [4.69, 9.17) is 14.2 Å². The minimum Gasteiger partial charge on any atom is -0.457 e. The number of rotatable bonds is 7. The lowest BCUT2D eigenvalue weighted by atomic mass is 10.1. The van der Waals surface area contributed by atoms with E-state index >= 15 is 0 Å². The predicted molar refractivity (Wildman–Crippen MR) is 102 cm³/mol. The molecule has 0 amide bonds. The molecule has 0 N–H and O–H groups in total. The molecule has 0 aliphatic carbocycles. The zero-order chi connectivity index (χ0) is 20.8. The smallest absolute Gasteiger partial charge is 0.307 e. The Bertz CT molecular complexity index is 722. The lowest BCUT2D eigenvalue weighted by Crippen LogP contribution is -2.18. The highest BCUT2D eigenvalue weighted by Crippen LogP contribution is 2.16. The van der Waals surface area contributed by atoms with E-state index < -0.39 is 24.0 Å². The van der Waals surface area contributed by atoms with Gasteiger partial charge in [0.25, 0.3) is 0 Å². The second-order valence-corrected chi connectivity index (χ2v) is 5.85. The fourth-order valence-electron chi connectivity index (χ4n) is 1.66. The molecule has 6 nitrogen and oxygen atoms in total. The van der Waals surface area contributed by atoms with Crippen molar-refractivity contribution in [3.63, 3.8) is 0 Å². The van der Waals surface area contributed by atoms with Crippen molar-refractivity contribution in [1.29, 1.82) is 0 Å². The van der Waals surface area contributed by atoms with Crippen molar-refractivity contribution < 1.29 is 28.6 Å². The maximum absolute atomic E-state index is 11.4. The third-order valence-electron chi connectivity index (χ3n) is 2.80. The summed E-state index contributed by atoms with van der Waals surface area (Å²) in [7, 11) is 0. The van der Waals surface area contributed by atoms with E-state index in [2.05, 4.69) is 11.8 Å². The Morgan fingerprint density at radius 2 is 1.56 bits per heavy atom. The van der Waals surface area contributed by atoms with Crippen molar-refractivity contribution in [2.45, 2.75) is 54.1 Å². The standard InChI is InChI=1S/C21H26O6/c1-15(2)8-7-9-16(3)10-11-21(27-19(6)24)20(14-26-18(5)23)12-13-25-17(4)22/h8,10,12-14,21H,11H2,1-6H3/b13-12-,16-10+,20-14-/t21-/m0/s1. The van der Waals surface area contributed by atoms with Gasteiger partial charge >= 0.3 is 17.9 Å². The van der Waals surface area contributed by atoms with Gasteiger partial charge in [-0.2, -0.15) is 0 Å². The molecule has 0 rings (SSSR count). The molecule has 1 atom stereocenters. The normalized spacial score (nSPS) is 12.5. The highest BCUT2D eigenvalue weighted by Gasteiger charge is 2.16. The van der Waals surface area contributed by atoms with Gasteiger partial charge in [0.1, 0.15) is 12.4 Å². The summed E-state index contributed by atoms with van der Waals surface area (Å²) < 4.78 is 14.9. The van der Waals surface area contributed by atoms with Gasteiger partial charge < -0.3 is 14.2 Å². The fourth-order valence-corrected chi connectivity index (χ4v) is 1.66. The summed E-state index contributed by atoms with van der Waals surface area (Å²) in [5, 5.41) is 0. The van der Waals surface area contributed by atoms with Crippen LogP contribution in [0.15, 0.2) is 47.5 Å². The van der Waals surface area contributed by atoms with Gasteiger partial charge in [0.15, 0.2) is 0 Å². The van der Waals surface area contributed by atoms with Crippen LogP contribution >= 0.6 is 0 Å². The number of carbonyl (C=O) groups is 3. The van der Waals surface area contributed by atoms with Gasteiger partial charge in [-0.25, -0.2) is 0 Å². The van der Waals surface area contributed by atoms with Crippen molar-refractivity contribution in [1.82, 2.24) is 0 Å². The average molecular weight is 374 g/mol. The van der Waals surface area contributed by atoms with Crippen molar-refractivity contribution in [3.05, 3.63) is 47.5 Å². The van der Waals surface area contributed by atoms with Gasteiger partial charge in [-0.3, -0.25) is 14.4 Å². The molecule has 0 aromatic rings. The van der Waals surface area contributed by atoms with Crippen LogP contribution in [0.4, 0.5) is 0 Å². The summed E-state index contributed by atoms with van der Waals surface area (Å²) in [6.07, 6.45) is 6.86. The van der Waals surface area contributed by atoms with Crippen molar-refractivity contribution >= 4 is 17.9 Å². The largest absolute Gasteiger partial charge is 0.457 e. The molecule has 0 fully saturated rings. The van der Waals surface area contributed by atoms with E-state index in [0.29, 0.717) is 12.0 Å². The molecule has 0 aliphatic heterocycles. The Balaban J connectivity index is 5.54. The van der Waals surface area contributed by atoms with Crippen LogP contribution in [-0.2, 0) is 28.6 Å². The third kappa shape index (κ3) is 13.9. The van der Waals surface area contributed by atoms with E-state index in [1.165, 1.54) is 26.8 Å². The van der Waals surface area contributed by atoms with Crippen LogP contribution in [0.5, 0.6) is 0 Å². The molecular weight excluding hydrogens is 348 g/mol. The first-order valence-corrected chi connectivity index (χ1v) is 8.31. The van der Waals surface area contributed by atoms with Crippen LogP contribution in [-0.4, -0.2) is 24.0 Å². The van der Waals surface area contributed by atoms with Gasteiger partial charge in [0, 0.05) is 32.8 Å². The summed E-state index contributed by atoms with van der Waals surface area (Å²) in [6, 6.07) is 0. The quantitative estimate of drug-likeness (QED) is 0.222. The number of allylic oxidation sites excluding steroid dienone is 3. The maximum atomic E-state index is 11.4. The van der Waals surface area contributed by atoms with E-state index in [-0.39, 0.29) is 0 Å². The number of hydrogen-bond acceptors (Lipinski definition) is 6. The van der Waals surface area contributed by atoms with Gasteiger partial charge in [0.2, 0.25) is 0 Å². The highest BCUT2D eigenvalue weighted by atomic mass is 16.5. The average Bonchev–Trinajstić information content (AvgIpc) is 2.53. The highest BCUT2D eigenvalue weighted by molar-refractivity contribution is 5.68. The third-order valence-corrected chi connectivity index (χ3v) is 2.80. The summed E-state index contributed by atoms with van der Waals surface area (Å²) in [5.41, 5.74) is 2.23. The number of carbonyl (C=O) groups excluding carboxylic acids is 3. The van der Waals surface area contributed by atoms with Gasteiger partial charge in [-0.05, 0) is 38.5 Å².